The van der Waals surface area contributed by atoms with E-state index in [0.29, 0.717) is 11.6 Å². The molecule has 3 aromatic rings. The summed E-state index contributed by atoms with van der Waals surface area (Å²) >= 11 is 0. The van der Waals surface area contributed by atoms with Crippen molar-refractivity contribution >= 4 is 16.0 Å². The predicted octanol–water partition coefficient (Wildman–Crippen LogP) is 4.06. The van der Waals surface area contributed by atoms with Crippen LogP contribution in [0.5, 0.6) is 5.75 Å². The molecule has 0 aliphatic rings. The third kappa shape index (κ3) is 5.45. The molecule has 0 fully saturated rings. The van der Waals surface area contributed by atoms with Crippen molar-refractivity contribution in [1.82, 2.24) is 4.31 Å². The number of halogens is 3. The summed E-state index contributed by atoms with van der Waals surface area (Å²) in [6, 6.07) is 11.5. The number of hydrogen-bond acceptors (Lipinski definition) is 4. The molecule has 0 aliphatic heterocycles. The van der Waals surface area contributed by atoms with Gasteiger partial charge in [0.05, 0.1) is 4.90 Å². The number of carbonyl (C=O) groups is 1. The smallest absolute Gasteiger partial charge is 0.341 e. The number of rotatable bonds is 8. The van der Waals surface area contributed by atoms with Crippen molar-refractivity contribution in [3.05, 3.63) is 83.7 Å². The topological polar surface area (TPSA) is 83.9 Å². The number of aliphatic carboxylic acids is 1. The van der Waals surface area contributed by atoms with Gasteiger partial charge in [0.1, 0.15) is 23.2 Å². The van der Waals surface area contributed by atoms with Crippen molar-refractivity contribution in [2.45, 2.75) is 11.4 Å². The van der Waals surface area contributed by atoms with Gasteiger partial charge in [-0.25, -0.2) is 26.4 Å². The first-order chi connectivity index (χ1) is 15.1. The zero-order chi connectivity index (χ0) is 23.5. The molecule has 0 unspecified atom stereocenters. The number of benzene rings is 3. The van der Waals surface area contributed by atoms with Crippen LogP contribution in [0.15, 0.2) is 65.6 Å². The highest BCUT2D eigenvalue weighted by Gasteiger charge is 2.22. The maximum absolute atomic E-state index is 13.8. The van der Waals surface area contributed by atoms with Gasteiger partial charge in [0.2, 0.25) is 10.0 Å². The van der Waals surface area contributed by atoms with Gasteiger partial charge in [-0.05, 0) is 59.7 Å². The number of sulfonamides is 1. The SMILES string of the molecule is CN(Cc1ccc(OCC(=O)O)c(-c2cc(F)cc(F)c2)c1)S(=O)(=O)c1ccc(F)cc1. The number of ether oxygens (including phenoxy) is 1. The van der Waals surface area contributed by atoms with Crippen LogP contribution in [0.2, 0.25) is 0 Å². The lowest BCUT2D eigenvalue weighted by molar-refractivity contribution is -0.139. The van der Waals surface area contributed by atoms with E-state index in [1.165, 1.54) is 25.2 Å². The second-order valence-electron chi connectivity index (χ2n) is 6.89. The van der Waals surface area contributed by atoms with Gasteiger partial charge < -0.3 is 9.84 Å². The van der Waals surface area contributed by atoms with Gasteiger partial charge >= 0.3 is 5.97 Å². The number of carboxylic acid groups (broad SMARTS) is 1. The minimum Gasteiger partial charge on any atom is -0.481 e. The normalized spacial score (nSPS) is 11.5. The molecule has 1 N–H and O–H groups in total. The lowest BCUT2D eigenvalue weighted by Crippen LogP contribution is -2.26. The van der Waals surface area contributed by atoms with E-state index in [0.717, 1.165) is 40.7 Å². The second-order valence-corrected chi connectivity index (χ2v) is 8.93. The summed E-state index contributed by atoms with van der Waals surface area (Å²) in [5, 5.41) is 8.87. The Bertz CT molecular complexity index is 1230. The first-order valence-corrected chi connectivity index (χ1v) is 10.7. The van der Waals surface area contributed by atoms with Gasteiger partial charge in [-0.15, -0.1) is 0 Å². The van der Waals surface area contributed by atoms with E-state index in [2.05, 4.69) is 0 Å². The van der Waals surface area contributed by atoms with Gasteiger partial charge in [-0.3, -0.25) is 0 Å². The van der Waals surface area contributed by atoms with Gasteiger partial charge in [0, 0.05) is 25.2 Å². The van der Waals surface area contributed by atoms with Crippen molar-refractivity contribution in [3.8, 4) is 16.9 Å². The first-order valence-electron chi connectivity index (χ1n) is 9.22. The Morgan fingerprint density at radius 1 is 0.938 bits per heavy atom. The van der Waals surface area contributed by atoms with Crippen molar-refractivity contribution in [1.29, 1.82) is 0 Å². The summed E-state index contributed by atoms with van der Waals surface area (Å²) in [7, 11) is -2.61. The average molecular weight is 465 g/mol. The van der Waals surface area contributed by atoms with E-state index in [1.807, 2.05) is 0 Å². The Balaban J connectivity index is 1.96. The summed E-state index contributed by atoms with van der Waals surface area (Å²) in [6.07, 6.45) is 0. The minimum absolute atomic E-state index is 0.0604. The van der Waals surface area contributed by atoms with Crippen LogP contribution in [0.25, 0.3) is 11.1 Å². The Labute approximate surface area is 182 Å². The highest BCUT2D eigenvalue weighted by molar-refractivity contribution is 7.89. The molecule has 0 bridgehead atoms. The van der Waals surface area contributed by atoms with Crippen LogP contribution >= 0.6 is 0 Å². The molecule has 32 heavy (non-hydrogen) atoms. The van der Waals surface area contributed by atoms with E-state index >= 15 is 0 Å². The Kier molecular flexibility index (Phi) is 6.85. The maximum atomic E-state index is 13.8. The fourth-order valence-corrected chi connectivity index (χ4v) is 4.16. The lowest BCUT2D eigenvalue weighted by Gasteiger charge is -2.19. The molecular weight excluding hydrogens is 447 g/mol. The maximum Gasteiger partial charge on any atom is 0.341 e. The minimum atomic E-state index is -3.94. The largest absolute Gasteiger partial charge is 0.481 e. The van der Waals surface area contributed by atoms with Crippen LogP contribution in [0.3, 0.4) is 0 Å². The zero-order valence-corrected chi connectivity index (χ0v) is 17.6. The van der Waals surface area contributed by atoms with Crippen molar-refractivity contribution in [2.24, 2.45) is 0 Å². The molecule has 0 aromatic heterocycles. The van der Waals surface area contributed by atoms with Crippen LogP contribution in [0.1, 0.15) is 5.56 Å². The van der Waals surface area contributed by atoms with Gasteiger partial charge in [0.15, 0.2) is 6.61 Å². The van der Waals surface area contributed by atoms with E-state index in [4.69, 9.17) is 9.84 Å². The van der Waals surface area contributed by atoms with Crippen molar-refractivity contribution in [2.75, 3.05) is 13.7 Å². The van der Waals surface area contributed by atoms with E-state index in [9.17, 15) is 26.4 Å². The van der Waals surface area contributed by atoms with Crippen molar-refractivity contribution in [3.63, 3.8) is 0 Å². The fourth-order valence-electron chi connectivity index (χ4n) is 3.00. The molecular formula is C22H18F3NO5S. The van der Waals surface area contributed by atoms with Crippen molar-refractivity contribution < 1.29 is 36.2 Å². The van der Waals surface area contributed by atoms with Crippen LogP contribution < -0.4 is 4.74 Å². The third-order valence-electron chi connectivity index (χ3n) is 4.50. The number of nitrogens with zero attached hydrogens (tertiary/aromatic N) is 1. The molecule has 0 spiro atoms. The standard InChI is InChI=1S/C22H18F3NO5S/c1-26(32(29,30)19-5-3-16(23)4-6-19)12-14-2-7-21(31-13-22(27)28)20(8-14)15-9-17(24)11-18(25)10-15/h2-11H,12-13H2,1H3,(H,27,28). The summed E-state index contributed by atoms with van der Waals surface area (Å²) < 4.78 is 72.4. The summed E-state index contributed by atoms with van der Waals surface area (Å²) in [4.78, 5) is 10.8. The molecule has 3 aromatic carbocycles. The second kappa shape index (κ2) is 9.41. The van der Waals surface area contributed by atoms with E-state index in [-0.39, 0.29) is 28.3 Å². The Hall–Kier alpha value is -3.37. The van der Waals surface area contributed by atoms with E-state index in [1.54, 1.807) is 0 Å². The highest BCUT2D eigenvalue weighted by atomic mass is 32.2. The fraction of sp³-hybridized carbons (Fsp3) is 0.136. The lowest BCUT2D eigenvalue weighted by atomic mass is 10.0. The number of carboxylic acids is 1. The molecule has 0 aliphatic carbocycles. The van der Waals surface area contributed by atoms with Gasteiger partial charge in [0.25, 0.3) is 0 Å². The molecule has 0 atom stereocenters. The summed E-state index contributed by atoms with van der Waals surface area (Å²) in [5.41, 5.74) is 0.726. The Morgan fingerprint density at radius 3 is 2.16 bits per heavy atom. The summed E-state index contributed by atoms with van der Waals surface area (Å²) in [5.74, 6) is -3.44. The summed E-state index contributed by atoms with van der Waals surface area (Å²) in [6.45, 7) is -0.799. The van der Waals surface area contributed by atoms with Crippen LogP contribution in [0.4, 0.5) is 13.2 Å². The molecule has 0 saturated heterocycles. The zero-order valence-electron chi connectivity index (χ0n) is 16.8. The Morgan fingerprint density at radius 2 is 1.56 bits per heavy atom. The molecule has 10 heteroatoms. The molecule has 0 saturated carbocycles. The third-order valence-corrected chi connectivity index (χ3v) is 6.31. The molecule has 168 valence electrons. The molecule has 0 amide bonds. The van der Waals surface area contributed by atoms with Gasteiger partial charge in [-0.1, -0.05) is 6.07 Å². The molecule has 0 radical (unpaired) electrons. The van der Waals surface area contributed by atoms with Crippen LogP contribution in [-0.2, 0) is 21.4 Å². The number of hydrogen-bond donors (Lipinski definition) is 1. The molecule has 0 heterocycles. The van der Waals surface area contributed by atoms with Crippen LogP contribution in [-0.4, -0.2) is 37.5 Å². The predicted molar refractivity (Wildman–Crippen MR) is 110 cm³/mol. The monoisotopic (exact) mass is 465 g/mol. The molecule has 3 rings (SSSR count). The van der Waals surface area contributed by atoms with Crippen LogP contribution in [0, 0.1) is 17.5 Å². The average Bonchev–Trinajstić information content (AvgIpc) is 2.72. The quantitative estimate of drug-likeness (QED) is 0.543. The highest BCUT2D eigenvalue weighted by Crippen LogP contribution is 2.33. The molecule has 6 nitrogen and oxygen atoms in total. The first kappa shape index (κ1) is 23.3. The van der Waals surface area contributed by atoms with Gasteiger partial charge in [-0.2, -0.15) is 4.31 Å². The van der Waals surface area contributed by atoms with E-state index < -0.39 is 40.1 Å².